The third-order valence-corrected chi connectivity index (χ3v) is 3.82. The highest BCUT2D eigenvalue weighted by Gasteiger charge is 2.21. The molecule has 1 atom stereocenters. The van der Waals surface area contributed by atoms with Gasteiger partial charge < -0.3 is 0 Å². The molecule has 1 aromatic rings. The van der Waals surface area contributed by atoms with Gasteiger partial charge in [0.25, 0.3) is 0 Å². The molecule has 1 aliphatic rings. The Morgan fingerprint density at radius 1 is 1.29 bits per heavy atom. The molecule has 0 saturated heterocycles. The highest BCUT2D eigenvalue weighted by Crippen LogP contribution is 2.28. The van der Waals surface area contributed by atoms with Crippen LogP contribution in [0.5, 0.6) is 0 Å². The number of carbonyl (C=O) groups excluding carboxylic acids is 1. The third-order valence-electron chi connectivity index (χ3n) is 2.58. The van der Waals surface area contributed by atoms with E-state index in [1.165, 1.54) is 4.90 Å². The van der Waals surface area contributed by atoms with Gasteiger partial charge in [0, 0.05) is 23.5 Å². The number of hydrogen-bond donors (Lipinski definition) is 0. The first-order valence-corrected chi connectivity index (χ1v) is 6.03. The van der Waals surface area contributed by atoms with Crippen molar-refractivity contribution in [2.24, 2.45) is 5.92 Å². The summed E-state index contributed by atoms with van der Waals surface area (Å²) in [4.78, 5) is 12.4. The lowest BCUT2D eigenvalue weighted by atomic mass is 10.1. The predicted octanol–water partition coefficient (Wildman–Crippen LogP) is 3.15. The molecule has 0 spiro atoms. The van der Waals surface area contributed by atoms with Crippen LogP contribution in [0.2, 0.25) is 0 Å². The van der Waals surface area contributed by atoms with Gasteiger partial charge in [-0.2, -0.15) is 0 Å². The summed E-state index contributed by atoms with van der Waals surface area (Å²) >= 11 is 1.87. The molecule has 74 valence electrons. The van der Waals surface area contributed by atoms with Gasteiger partial charge >= 0.3 is 0 Å². The molecule has 1 nitrogen and oxygen atoms in total. The van der Waals surface area contributed by atoms with Crippen LogP contribution in [0.25, 0.3) is 0 Å². The molecule has 0 radical (unpaired) electrons. The van der Waals surface area contributed by atoms with E-state index < -0.39 is 0 Å². The second-order valence-electron chi connectivity index (χ2n) is 3.77. The number of rotatable bonds is 3. The summed E-state index contributed by atoms with van der Waals surface area (Å²) < 4.78 is 0. The molecular formula is C12H14OS. The zero-order chi connectivity index (χ0) is 9.80. The zero-order valence-corrected chi connectivity index (χ0v) is 8.93. The average Bonchev–Trinajstić information content (AvgIpc) is 2.63. The monoisotopic (exact) mass is 206 g/mol. The average molecular weight is 206 g/mol. The Balaban J connectivity index is 1.80. The second kappa shape index (κ2) is 4.65. The van der Waals surface area contributed by atoms with Crippen LogP contribution in [0.1, 0.15) is 19.3 Å². The Bertz CT molecular complexity index is 307. The van der Waals surface area contributed by atoms with Crippen molar-refractivity contribution >= 4 is 17.5 Å². The molecule has 14 heavy (non-hydrogen) atoms. The normalized spacial score (nSPS) is 21.4. The van der Waals surface area contributed by atoms with Crippen molar-refractivity contribution < 1.29 is 4.79 Å². The van der Waals surface area contributed by atoms with E-state index in [4.69, 9.17) is 0 Å². The van der Waals surface area contributed by atoms with E-state index in [2.05, 4.69) is 24.3 Å². The van der Waals surface area contributed by atoms with Crippen molar-refractivity contribution in [2.45, 2.75) is 24.2 Å². The van der Waals surface area contributed by atoms with Crippen LogP contribution in [0, 0.1) is 5.92 Å². The summed E-state index contributed by atoms with van der Waals surface area (Å²) in [5, 5.41) is 0. The standard InChI is InChI=1S/C12H14OS/c13-11-7-6-10(8-11)9-14-12-4-2-1-3-5-12/h1-5,10H,6-9H2/t10-/m0/s1. The molecule has 0 aliphatic heterocycles. The first kappa shape index (κ1) is 9.78. The lowest BCUT2D eigenvalue weighted by Crippen LogP contribution is -1.98. The fourth-order valence-electron chi connectivity index (χ4n) is 1.76. The molecule has 2 rings (SSSR count). The number of benzene rings is 1. The quantitative estimate of drug-likeness (QED) is 0.707. The van der Waals surface area contributed by atoms with Gasteiger partial charge in [-0.3, -0.25) is 4.79 Å². The minimum Gasteiger partial charge on any atom is -0.300 e. The van der Waals surface area contributed by atoms with Gasteiger partial charge in [-0.1, -0.05) is 18.2 Å². The van der Waals surface area contributed by atoms with Crippen molar-refractivity contribution in [3.8, 4) is 0 Å². The maximum Gasteiger partial charge on any atom is 0.133 e. The van der Waals surface area contributed by atoms with Crippen LogP contribution in [-0.4, -0.2) is 11.5 Å². The molecule has 0 N–H and O–H groups in total. The fraction of sp³-hybridized carbons (Fsp3) is 0.417. The maximum absolute atomic E-state index is 11.1. The maximum atomic E-state index is 11.1. The number of thioether (sulfide) groups is 1. The summed E-state index contributed by atoms with van der Waals surface area (Å²) in [5.41, 5.74) is 0. The van der Waals surface area contributed by atoms with E-state index in [1.807, 2.05) is 17.8 Å². The Kier molecular flexibility index (Phi) is 3.25. The van der Waals surface area contributed by atoms with E-state index in [0.29, 0.717) is 11.7 Å². The molecule has 0 aromatic heterocycles. The zero-order valence-electron chi connectivity index (χ0n) is 8.11. The topological polar surface area (TPSA) is 17.1 Å². The van der Waals surface area contributed by atoms with E-state index in [0.717, 1.165) is 25.0 Å². The molecule has 1 saturated carbocycles. The largest absolute Gasteiger partial charge is 0.300 e. The minimum atomic E-state index is 0.448. The predicted molar refractivity (Wildman–Crippen MR) is 59.5 cm³/mol. The van der Waals surface area contributed by atoms with Gasteiger partial charge in [0.2, 0.25) is 0 Å². The van der Waals surface area contributed by atoms with Crippen molar-refractivity contribution in [1.29, 1.82) is 0 Å². The summed E-state index contributed by atoms with van der Waals surface area (Å²) in [6.45, 7) is 0. The van der Waals surface area contributed by atoms with Crippen LogP contribution in [0.3, 0.4) is 0 Å². The Morgan fingerprint density at radius 3 is 2.71 bits per heavy atom. The van der Waals surface area contributed by atoms with Gasteiger partial charge in [-0.05, 0) is 24.5 Å². The first-order valence-electron chi connectivity index (χ1n) is 5.04. The van der Waals surface area contributed by atoms with E-state index >= 15 is 0 Å². The fourth-order valence-corrected chi connectivity index (χ4v) is 2.83. The molecule has 0 heterocycles. The molecule has 2 heteroatoms. The molecule has 0 unspecified atom stereocenters. The second-order valence-corrected chi connectivity index (χ2v) is 4.86. The van der Waals surface area contributed by atoms with Gasteiger partial charge in [0.05, 0.1) is 0 Å². The summed E-state index contributed by atoms with van der Waals surface area (Å²) in [6.07, 6.45) is 2.71. The first-order chi connectivity index (χ1) is 6.84. The summed E-state index contributed by atoms with van der Waals surface area (Å²) in [7, 11) is 0. The summed E-state index contributed by atoms with van der Waals surface area (Å²) in [5.74, 6) is 2.16. The van der Waals surface area contributed by atoms with E-state index in [-0.39, 0.29) is 0 Å². The highest BCUT2D eigenvalue weighted by atomic mass is 32.2. The van der Waals surface area contributed by atoms with Crippen LogP contribution in [-0.2, 0) is 4.79 Å². The molecule has 1 aromatic carbocycles. The molecule has 1 aliphatic carbocycles. The Hall–Kier alpha value is -0.760. The molecule has 0 amide bonds. The van der Waals surface area contributed by atoms with Crippen LogP contribution >= 0.6 is 11.8 Å². The van der Waals surface area contributed by atoms with E-state index in [9.17, 15) is 4.79 Å². The number of hydrogen-bond acceptors (Lipinski definition) is 2. The molecular weight excluding hydrogens is 192 g/mol. The van der Waals surface area contributed by atoms with Crippen LogP contribution < -0.4 is 0 Å². The van der Waals surface area contributed by atoms with Gasteiger partial charge in [0.15, 0.2) is 0 Å². The Labute approximate surface area is 88.9 Å². The number of carbonyl (C=O) groups is 1. The van der Waals surface area contributed by atoms with Gasteiger partial charge in [-0.25, -0.2) is 0 Å². The smallest absolute Gasteiger partial charge is 0.133 e. The lowest BCUT2D eigenvalue weighted by molar-refractivity contribution is -0.117. The van der Waals surface area contributed by atoms with Gasteiger partial charge in [-0.15, -0.1) is 11.8 Å². The summed E-state index contributed by atoms with van der Waals surface area (Å²) in [6, 6.07) is 10.4. The highest BCUT2D eigenvalue weighted by molar-refractivity contribution is 7.99. The van der Waals surface area contributed by atoms with Crippen molar-refractivity contribution in [2.75, 3.05) is 5.75 Å². The van der Waals surface area contributed by atoms with Crippen LogP contribution in [0.4, 0.5) is 0 Å². The van der Waals surface area contributed by atoms with Crippen molar-refractivity contribution in [3.05, 3.63) is 30.3 Å². The van der Waals surface area contributed by atoms with Crippen molar-refractivity contribution in [3.63, 3.8) is 0 Å². The minimum absolute atomic E-state index is 0.448. The number of ketones is 1. The SMILES string of the molecule is O=C1CC[C@H](CSc2ccccc2)C1. The molecule has 1 fully saturated rings. The van der Waals surface area contributed by atoms with Crippen molar-refractivity contribution in [1.82, 2.24) is 0 Å². The molecule has 0 bridgehead atoms. The lowest BCUT2D eigenvalue weighted by Gasteiger charge is -2.06. The third kappa shape index (κ3) is 2.61. The van der Waals surface area contributed by atoms with Crippen LogP contribution in [0.15, 0.2) is 35.2 Å². The number of Topliss-reactive ketones (excluding diaryl/α,β-unsaturated/α-hetero) is 1. The Morgan fingerprint density at radius 2 is 2.07 bits per heavy atom. The van der Waals surface area contributed by atoms with Gasteiger partial charge in [0.1, 0.15) is 5.78 Å². The van der Waals surface area contributed by atoms with E-state index in [1.54, 1.807) is 0 Å².